The highest BCUT2D eigenvalue weighted by molar-refractivity contribution is 6.61. The fourth-order valence-corrected chi connectivity index (χ4v) is 17.7. The monoisotopic (exact) mass is 1850 g/mol. The maximum absolute atomic E-state index is 13.4. The molecule has 0 radical (unpaired) electrons. The highest BCUT2D eigenvalue weighted by Crippen LogP contribution is 2.43. The molecule has 37 heteroatoms. The van der Waals surface area contributed by atoms with Crippen molar-refractivity contribution in [3.63, 3.8) is 0 Å². The van der Waals surface area contributed by atoms with Crippen LogP contribution in [0.15, 0.2) is 213 Å². The number of phenols is 5. The molecule has 21 rings (SSSR count). The smallest absolute Gasteiger partial charge is 0.415 e. The molecule has 692 valence electrons. The van der Waals surface area contributed by atoms with E-state index in [-0.39, 0.29) is 63.9 Å². The largest absolute Gasteiger partial charge is 0.508 e. The van der Waals surface area contributed by atoms with Crippen molar-refractivity contribution < 1.29 is 67.8 Å². The minimum Gasteiger partial charge on any atom is -0.508 e. The van der Waals surface area contributed by atoms with Crippen LogP contribution in [0.1, 0.15) is 89.2 Å². The number of likely N-dealkylation sites (tertiary alicyclic amines) is 1. The molecular weight excluding hydrogens is 1750 g/mol. The van der Waals surface area contributed by atoms with Crippen molar-refractivity contribution in [2.45, 2.75) is 91.1 Å². The molecule has 0 unspecified atom stereocenters. The number of halogens is 1. The Morgan fingerprint density at radius 3 is 1.48 bits per heavy atom. The number of aromatic nitrogens is 14. The van der Waals surface area contributed by atoms with E-state index in [1.807, 2.05) is 113 Å². The maximum Gasteiger partial charge on any atom is 0.415 e. The highest BCUT2D eigenvalue weighted by atomic mass is 35.5. The molecule has 0 spiro atoms. The Hall–Kier alpha value is -15.5. The first-order valence-corrected chi connectivity index (χ1v) is 45.0. The van der Waals surface area contributed by atoms with E-state index in [1.165, 1.54) is 58.4 Å². The number of anilines is 2. The first kappa shape index (κ1) is 90.0. The average molecular weight is 1850 g/mol. The summed E-state index contributed by atoms with van der Waals surface area (Å²) in [6.45, 7) is 18.3. The zero-order valence-electron chi connectivity index (χ0n) is 74.1. The number of piperidine rings is 2. The molecule has 135 heavy (non-hydrogen) atoms. The predicted octanol–water partition coefficient (Wildman–Crippen LogP) is 17.0. The third-order valence-corrected chi connectivity index (χ3v) is 24.8. The third kappa shape index (κ3) is 19.6. The fraction of sp³-hybridized carbons (Fsp3) is 0.286. The lowest BCUT2D eigenvalue weighted by Gasteiger charge is -2.31. The number of fused-ring (bicyclic) bond motifs is 8. The van der Waals surface area contributed by atoms with Gasteiger partial charge in [0, 0.05) is 146 Å². The third-order valence-electron chi connectivity index (χ3n) is 24.7. The second kappa shape index (κ2) is 39.5. The second-order valence-electron chi connectivity index (χ2n) is 34.0. The molecule has 0 atom stereocenters. The number of aromatic hydroxyl groups is 5. The lowest BCUT2D eigenvalue weighted by atomic mass is 9.94. The number of morpholine rings is 2. The van der Waals surface area contributed by atoms with Gasteiger partial charge in [-0.25, -0.2) is 68.4 Å². The van der Waals surface area contributed by atoms with E-state index in [0.29, 0.717) is 155 Å². The number of carbonyl (C=O) groups is 2. The van der Waals surface area contributed by atoms with Crippen LogP contribution >= 0.6 is 11.6 Å². The van der Waals surface area contributed by atoms with E-state index in [4.69, 9.17) is 54.6 Å². The maximum atomic E-state index is 13.4. The van der Waals surface area contributed by atoms with Gasteiger partial charge < -0.3 is 82.5 Å². The number of hydrogen-bond donors (Lipinski definition) is 8. The SMILES string of the molecule is CC(C)c1cc(-c2n[nH]c(=O)n2-c2ccc3c(ccn3CCC3CCN(C(=O)Oc4cccc(-c5nc(N6CCOCC6)c6oc7ncccc7c6n5)c4)CC3)c2)c(O)cc1O.CC(C)c1cc(-c2n[nH]c(=O)n2-c2ccc3c(ccn3CCC3CCNCC3)c2)c(O)cc1O.O=C(Cl)Oc1ccc([N+](=O)[O-])cc1.Oc1cccc(-c2nc(N3CCOCC3)c3oc4ncccc4c3n2)c1. The quantitative estimate of drug-likeness (QED) is 0.0212. The number of phenolic OH excluding ortho intramolecular Hbond substituents is 5. The minimum atomic E-state index is -0.978. The second-order valence-corrected chi connectivity index (χ2v) is 34.3. The van der Waals surface area contributed by atoms with Crippen molar-refractivity contribution in [1.82, 2.24) is 78.8 Å². The topological polar surface area (TPSA) is 452 Å². The number of amides is 1. The number of nitrogens with zero attached hydrogens (tertiary/aromatic N) is 16. The summed E-state index contributed by atoms with van der Waals surface area (Å²) in [5.74, 6) is 4.70. The van der Waals surface area contributed by atoms with Gasteiger partial charge in [0.05, 0.1) is 64.6 Å². The molecule has 7 aromatic carbocycles. The van der Waals surface area contributed by atoms with Crippen LogP contribution in [-0.4, -0.2) is 194 Å². The Morgan fingerprint density at radius 1 is 0.526 bits per heavy atom. The zero-order chi connectivity index (χ0) is 93.7. The first-order chi connectivity index (χ1) is 65.5. The minimum absolute atomic E-state index is 0.00805. The van der Waals surface area contributed by atoms with Gasteiger partial charge in [-0.15, -0.1) is 0 Å². The van der Waals surface area contributed by atoms with E-state index < -0.39 is 21.7 Å². The number of nitro benzene ring substituents is 1. The summed E-state index contributed by atoms with van der Waals surface area (Å²) in [7, 11) is 0. The van der Waals surface area contributed by atoms with E-state index in [0.717, 1.165) is 120 Å². The molecule has 4 aliphatic heterocycles. The van der Waals surface area contributed by atoms with E-state index in [1.54, 1.807) is 59.8 Å². The van der Waals surface area contributed by atoms with Gasteiger partial charge in [-0.2, -0.15) is 10.2 Å². The highest BCUT2D eigenvalue weighted by Gasteiger charge is 2.31. The van der Waals surface area contributed by atoms with E-state index in [9.17, 15) is 54.8 Å². The molecule has 17 aromatic rings. The molecule has 4 fully saturated rings. The number of nitro groups is 1. The van der Waals surface area contributed by atoms with Crippen LogP contribution in [0, 0.1) is 22.0 Å². The number of pyridine rings is 2. The Balaban J connectivity index is 0.000000138. The molecule has 10 aromatic heterocycles. The number of carbonyl (C=O) groups excluding carboxylic acids is 2. The Kier molecular flexibility index (Phi) is 26.3. The molecular formula is C98H96ClN19O17. The lowest BCUT2D eigenvalue weighted by molar-refractivity contribution is -0.384. The van der Waals surface area contributed by atoms with Crippen LogP contribution in [0.4, 0.5) is 26.9 Å². The Labute approximate surface area is 774 Å². The summed E-state index contributed by atoms with van der Waals surface area (Å²) in [5.41, 5.74) is 8.71. The van der Waals surface area contributed by atoms with Crippen molar-refractivity contribution in [3.8, 4) is 97.2 Å². The number of nitrogens with one attached hydrogen (secondary N) is 3. The van der Waals surface area contributed by atoms with Gasteiger partial charge in [-0.1, -0.05) is 52.0 Å². The van der Waals surface area contributed by atoms with E-state index in [2.05, 4.69) is 77.8 Å². The van der Waals surface area contributed by atoms with Gasteiger partial charge in [0.2, 0.25) is 11.4 Å². The van der Waals surface area contributed by atoms with Gasteiger partial charge in [0.1, 0.15) is 51.3 Å². The summed E-state index contributed by atoms with van der Waals surface area (Å²) in [4.78, 5) is 93.2. The lowest BCUT2D eigenvalue weighted by Crippen LogP contribution is -2.40. The fourth-order valence-electron chi connectivity index (χ4n) is 17.6. The molecule has 14 heterocycles. The van der Waals surface area contributed by atoms with E-state index >= 15 is 0 Å². The van der Waals surface area contributed by atoms with Gasteiger partial charge in [0.15, 0.2) is 46.1 Å². The molecule has 0 bridgehead atoms. The number of aromatic amines is 2. The number of aryl methyl sites for hydroxylation is 2. The number of ether oxygens (including phenoxy) is 4. The van der Waals surface area contributed by atoms with Gasteiger partial charge in [0.25, 0.3) is 5.69 Å². The molecule has 8 N–H and O–H groups in total. The van der Waals surface area contributed by atoms with Gasteiger partial charge in [-0.05, 0) is 208 Å². The van der Waals surface area contributed by atoms with Crippen molar-refractivity contribution >= 4 is 107 Å². The number of H-pyrrole nitrogens is 2. The van der Waals surface area contributed by atoms with Crippen LogP contribution in [-0.2, 0) is 22.6 Å². The summed E-state index contributed by atoms with van der Waals surface area (Å²) >= 11 is 4.92. The molecule has 1 amide bonds. The van der Waals surface area contributed by atoms with Crippen LogP contribution in [0.5, 0.6) is 40.2 Å². The van der Waals surface area contributed by atoms with Gasteiger partial charge in [-0.3, -0.25) is 10.1 Å². The molecule has 4 aliphatic rings. The van der Waals surface area contributed by atoms with Crippen LogP contribution in [0.2, 0.25) is 0 Å². The van der Waals surface area contributed by atoms with Crippen LogP contribution in [0.3, 0.4) is 0 Å². The summed E-state index contributed by atoms with van der Waals surface area (Å²) < 4.78 is 41.0. The number of rotatable bonds is 19. The first-order valence-electron chi connectivity index (χ1n) is 44.6. The van der Waals surface area contributed by atoms with Crippen molar-refractivity contribution in [3.05, 3.63) is 237 Å². The normalized spacial score (nSPS) is 14.5. The number of non-ortho nitro benzene ring substituents is 1. The number of hydrogen-bond acceptors (Lipinski definition) is 28. The van der Waals surface area contributed by atoms with Crippen molar-refractivity contribution in [2.24, 2.45) is 11.8 Å². The molecule has 36 nitrogen and oxygen atoms in total. The Morgan fingerprint density at radius 2 is 1.01 bits per heavy atom. The summed E-state index contributed by atoms with van der Waals surface area (Å²) in [6, 6.07) is 48.6. The molecule has 0 aliphatic carbocycles. The average Bonchev–Trinajstić information content (AvgIpc) is 1.59. The summed E-state index contributed by atoms with van der Waals surface area (Å²) in [6.07, 6.45) is 13.5. The predicted molar refractivity (Wildman–Crippen MR) is 508 cm³/mol. The zero-order valence-corrected chi connectivity index (χ0v) is 74.9. The Bertz CT molecular complexity index is 7380. The number of furan rings is 2. The molecule has 0 saturated carbocycles. The van der Waals surface area contributed by atoms with Crippen molar-refractivity contribution in [1.29, 1.82) is 0 Å². The molecule has 4 saturated heterocycles. The van der Waals surface area contributed by atoms with Crippen LogP contribution < -0.4 is 36.0 Å². The standard InChI is InChI=1S/C46H45N9O7.C26H31N5O3.C19H16N4O3.C7H4ClNO4/c1-27(2)34-25-35(38(57)26-37(34)56)42-50-51-45(58)55(42)31-8-9-36-29(23-31)13-18-52(36)15-10-28-11-16-54(17-12-28)46(59)61-32-6-3-5-30(24-32)41-48-39-33-7-4-14-47-44(33)62-40(39)43(49-41)53-19-21-60-22-20-53;1-16(2)20-14-21(24(33)15-23(20)32)25-28-29-26(34)31(25)19-3-4-22-18(13-19)8-12-30(22)11-7-17-5-9-27-10-6-17;24-13-4-1-3-12(11-13)17-21-15-14-5-2-6-20-19(14)26-16(15)18(22-17)23-7-9-25-10-8-23;8-7(10)13-6-3-1-5(2-4-6)9(11)12/h3-9,13-14,18,23-28,56-57H,10-12,15-17,19-22H2,1-2H3,(H,51,58);3-4,8,12-17,27,32-33H,5-7,9-11H2,1-2H3,(H,29,34);1-6,11,24H,7-10H2;1-4H. The summed E-state index contributed by atoms with van der Waals surface area (Å²) in [5, 5.41) is 82.4. The van der Waals surface area contributed by atoms with Crippen LogP contribution in [0.25, 0.3) is 123 Å². The van der Waals surface area contributed by atoms with Gasteiger partial charge >= 0.3 is 22.9 Å². The number of benzene rings is 7. The van der Waals surface area contributed by atoms with Crippen molar-refractivity contribution in [2.75, 3.05) is 88.6 Å².